The predicted molar refractivity (Wildman–Crippen MR) is 94.9 cm³/mol. The van der Waals surface area contributed by atoms with Gasteiger partial charge in [0, 0.05) is 18.3 Å². The van der Waals surface area contributed by atoms with Crippen LogP contribution in [-0.4, -0.2) is 28.6 Å². The summed E-state index contributed by atoms with van der Waals surface area (Å²) < 4.78 is 0. The number of hydrogen-bond acceptors (Lipinski definition) is 3. The fraction of sp³-hybridized carbons (Fsp3) is 0.368. The van der Waals surface area contributed by atoms with Gasteiger partial charge in [0.2, 0.25) is 0 Å². The average molecular weight is 326 g/mol. The second kappa shape index (κ2) is 6.51. The Hall–Kier alpha value is -2.56. The van der Waals surface area contributed by atoms with Crippen LogP contribution in [0.5, 0.6) is 0 Å². The van der Waals surface area contributed by atoms with Gasteiger partial charge in [-0.2, -0.15) is 0 Å². The van der Waals surface area contributed by atoms with E-state index in [0.717, 1.165) is 17.7 Å². The lowest BCUT2D eigenvalue weighted by atomic mass is 10.0. The molecular formula is C19H22N2O3. The van der Waals surface area contributed by atoms with Gasteiger partial charge in [-0.05, 0) is 55.5 Å². The number of carboxylic acids is 1. The highest BCUT2D eigenvalue weighted by atomic mass is 16.4. The number of nitrogens with zero attached hydrogens (tertiary/aromatic N) is 1. The Morgan fingerprint density at radius 2 is 2.04 bits per heavy atom. The summed E-state index contributed by atoms with van der Waals surface area (Å²) in [5.41, 5.74) is 2.84. The number of aryl methyl sites for hydroxylation is 1. The molecule has 3 rings (SSSR count). The van der Waals surface area contributed by atoms with Crippen LogP contribution in [0.15, 0.2) is 35.1 Å². The highest BCUT2D eigenvalue weighted by Gasteiger charge is 2.20. The average Bonchev–Trinajstić information content (AvgIpc) is 3.00. The number of carbonyl (C=O) groups is 1. The summed E-state index contributed by atoms with van der Waals surface area (Å²) in [6.07, 6.45) is 3.08. The van der Waals surface area contributed by atoms with Crippen molar-refractivity contribution in [1.82, 2.24) is 4.98 Å². The molecule has 0 aliphatic carbocycles. The third kappa shape index (κ3) is 2.94. The SMILES string of the molecule is CCc1cc(C(=O)O)c(=O)[nH]c1-c1ccc(N2CCCC2C)cc1. The normalized spacial score (nSPS) is 17.2. The molecule has 24 heavy (non-hydrogen) atoms. The molecule has 5 nitrogen and oxygen atoms in total. The number of pyridine rings is 1. The Bertz CT molecular complexity index is 808. The maximum absolute atomic E-state index is 12.0. The lowest BCUT2D eigenvalue weighted by Crippen LogP contribution is -2.26. The Labute approximate surface area is 140 Å². The second-order valence-corrected chi connectivity index (χ2v) is 6.30. The van der Waals surface area contributed by atoms with Crippen LogP contribution >= 0.6 is 0 Å². The molecule has 1 fully saturated rings. The molecule has 1 saturated heterocycles. The summed E-state index contributed by atoms with van der Waals surface area (Å²) in [6, 6.07) is 10.2. The van der Waals surface area contributed by atoms with Gasteiger partial charge in [0.15, 0.2) is 0 Å². The predicted octanol–water partition coefficient (Wildman–Crippen LogP) is 3.29. The molecule has 0 bridgehead atoms. The molecule has 1 atom stereocenters. The van der Waals surface area contributed by atoms with Crippen LogP contribution in [-0.2, 0) is 6.42 Å². The molecule has 2 aromatic rings. The fourth-order valence-corrected chi connectivity index (χ4v) is 3.40. The minimum atomic E-state index is -1.20. The van der Waals surface area contributed by atoms with Gasteiger partial charge in [-0.15, -0.1) is 0 Å². The van der Waals surface area contributed by atoms with Crippen molar-refractivity contribution in [1.29, 1.82) is 0 Å². The largest absolute Gasteiger partial charge is 0.477 e. The molecular weight excluding hydrogens is 304 g/mol. The topological polar surface area (TPSA) is 73.4 Å². The monoisotopic (exact) mass is 326 g/mol. The Morgan fingerprint density at radius 1 is 1.33 bits per heavy atom. The standard InChI is InChI=1S/C19H22N2O3/c1-3-13-11-16(19(23)24)18(22)20-17(13)14-6-8-15(9-7-14)21-10-4-5-12(21)2/h6-9,11-12H,3-5,10H2,1-2H3,(H,20,22)(H,23,24). The first kappa shape index (κ1) is 16.3. The summed E-state index contributed by atoms with van der Waals surface area (Å²) in [5, 5.41) is 9.10. The maximum atomic E-state index is 12.0. The molecule has 0 amide bonds. The summed E-state index contributed by atoms with van der Waals surface area (Å²) in [4.78, 5) is 28.3. The second-order valence-electron chi connectivity index (χ2n) is 6.30. The first-order valence-electron chi connectivity index (χ1n) is 8.37. The number of rotatable bonds is 4. The molecule has 0 saturated carbocycles. The van der Waals surface area contributed by atoms with Crippen LogP contribution in [0.25, 0.3) is 11.3 Å². The van der Waals surface area contributed by atoms with Gasteiger partial charge in [0.1, 0.15) is 5.56 Å². The van der Waals surface area contributed by atoms with Gasteiger partial charge in [-0.25, -0.2) is 4.79 Å². The molecule has 2 heterocycles. The number of carboxylic acid groups (broad SMARTS) is 1. The Balaban J connectivity index is 1.98. The number of nitrogens with one attached hydrogen (secondary N) is 1. The molecule has 1 aromatic carbocycles. The molecule has 0 radical (unpaired) electrons. The van der Waals surface area contributed by atoms with Gasteiger partial charge < -0.3 is 15.0 Å². The first-order chi connectivity index (χ1) is 11.5. The number of anilines is 1. The third-order valence-corrected chi connectivity index (χ3v) is 4.77. The van der Waals surface area contributed by atoms with E-state index < -0.39 is 11.5 Å². The van der Waals surface area contributed by atoms with Crippen molar-refractivity contribution in [2.24, 2.45) is 0 Å². The van der Waals surface area contributed by atoms with Gasteiger partial charge >= 0.3 is 5.97 Å². The van der Waals surface area contributed by atoms with E-state index in [4.69, 9.17) is 5.11 Å². The molecule has 1 aliphatic heterocycles. The maximum Gasteiger partial charge on any atom is 0.341 e. The van der Waals surface area contributed by atoms with Crippen molar-refractivity contribution in [3.05, 3.63) is 51.8 Å². The van der Waals surface area contributed by atoms with Crippen LogP contribution in [0.4, 0.5) is 5.69 Å². The van der Waals surface area contributed by atoms with E-state index in [1.165, 1.54) is 24.6 Å². The molecule has 0 spiro atoms. The smallest absolute Gasteiger partial charge is 0.341 e. The van der Waals surface area contributed by atoms with Crippen molar-refractivity contribution in [2.45, 2.75) is 39.2 Å². The zero-order valence-corrected chi connectivity index (χ0v) is 14.0. The van der Waals surface area contributed by atoms with Crippen LogP contribution in [0.1, 0.15) is 42.6 Å². The van der Waals surface area contributed by atoms with Gasteiger partial charge in [-0.3, -0.25) is 4.79 Å². The van der Waals surface area contributed by atoms with Crippen molar-refractivity contribution < 1.29 is 9.90 Å². The van der Waals surface area contributed by atoms with E-state index in [1.807, 2.05) is 19.1 Å². The van der Waals surface area contributed by atoms with Crippen LogP contribution in [0.3, 0.4) is 0 Å². The summed E-state index contributed by atoms with van der Waals surface area (Å²) >= 11 is 0. The molecule has 126 valence electrons. The van der Waals surface area contributed by atoms with E-state index >= 15 is 0 Å². The van der Waals surface area contributed by atoms with Crippen molar-refractivity contribution in [3.63, 3.8) is 0 Å². The van der Waals surface area contributed by atoms with E-state index in [0.29, 0.717) is 18.2 Å². The van der Waals surface area contributed by atoms with Crippen molar-refractivity contribution in [3.8, 4) is 11.3 Å². The quantitative estimate of drug-likeness (QED) is 0.904. The minimum Gasteiger partial charge on any atom is -0.477 e. The number of hydrogen-bond donors (Lipinski definition) is 2. The van der Waals surface area contributed by atoms with Gasteiger partial charge in [-0.1, -0.05) is 19.1 Å². The van der Waals surface area contributed by atoms with Crippen LogP contribution in [0, 0.1) is 0 Å². The highest BCUT2D eigenvalue weighted by molar-refractivity contribution is 5.88. The zero-order chi connectivity index (χ0) is 17.3. The zero-order valence-electron chi connectivity index (χ0n) is 14.0. The fourth-order valence-electron chi connectivity index (χ4n) is 3.40. The molecule has 1 aromatic heterocycles. The number of H-pyrrole nitrogens is 1. The third-order valence-electron chi connectivity index (χ3n) is 4.77. The summed E-state index contributed by atoms with van der Waals surface area (Å²) in [6.45, 7) is 5.26. The lowest BCUT2D eigenvalue weighted by molar-refractivity contribution is 0.0695. The van der Waals surface area contributed by atoms with Crippen molar-refractivity contribution >= 4 is 11.7 Å². The van der Waals surface area contributed by atoms with Gasteiger partial charge in [0.25, 0.3) is 5.56 Å². The van der Waals surface area contributed by atoms with Crippen molar-refractivity contribution in [2.75, 3.05) is 11.4 Å². The molecule has 2 N–H and O–H groups in total. The summed E-state index contributed by atoms with van der Waals surface area (Å²) in [5.74, 6) is -1.20. The Morgan fingerprint density at radius 3 is 2.58 bits per heavy atom. The molecule has 1 aliphatic rings. The van der Waals surface area contributed by atoms with E-state index in [-0.39, 0.29) is 5.56 Å². The number of aromatic amines is 1. The number of aromatic nitrogens is 1. The van der Waals surface area contributed by atoms with Gasteiger partial charge in [0.05, 0.1) is 5.69 Å². The summed E-state index contributed by atoms with van der Waals surface area (Å²) in [7, 11) is 0. The van der Waals surface area contributed by atoms with E-state index in [1.54, 1.807) is 0 Å². The number of benzene rings is 1. The highest BCUT2D eigenvalue weighted by Crippen LogP contribution is 2.28. The van der Waals surface area contributed by atoms with E-state index in [2.05, 4.69) is 28.9 Å². The Kier molecular flexibility index (Phi) is 4.42. The lowest BCUT2D eigenvalue weighted by Gasteiger charge is -2.24. The van der Waals surface area contributed by atoms with Crippen LogP contribution in [0.2, 0.25) is 0 Å². The van der Waals surface area contributed by atoms with Crippen LogP contribution < -0.4 is 10.5 Å². The molecule has 1 unspecified atom stereocenters. The van der Waals surface area contributed by atoms with E-state index in [9.17, 15) is 9.59 Å². The first-order valence-corrected chi connectivity index (χ1v) is 8.37. The molecule has 5 heteroatoms. The number of aromatic carboxylic acids is 1. The minimum absolute atomic E-state index is 0.210.